The molecule has 4 aliphatic carbocycles. The van der Waals surface area contributed by atoms with Gasteiger partial charge in [-0.05, 0) is 56.1 Å². The lowest BCUT2D eigenvalue weighted by atomic mass is 9.54. The molecule has 5 heteroatoms. The summed E-state index contributed by atoms with van der Waals surface area (Å²) in [5.41, 5.74) is 0.847. The van der Waals surface area contributed by atoms with Gasteiger partial charge < -0.3 is 9.47 Å². The Morgan fingerprint density at radius 2 is 1.81 bits per heavy atom. The Balaban J connectivity index is 1.53. The molecule has 0 aromatic heterocycles. The van der Waals surface area contributed by atoms with Gasteiger partial charge in [0.15, 0.2) is 4.93 Å². The van der Waals surface area contributed by atoms with Gasteiger partial charge in [-0.3, -0.25) is 0 Å². The molecule has 1 aliphatic heterocycles. The standard InChI is InChI=1S/C21H23NO3S/c1-24-19(23)12-18-20(22-17-5-3-2-4-6-17)25-21(26-18)15-8-13-7-14(10-15)11-16(21)9-13/h2-6,12-16H,7-11H2,1H3/b18-12+,22-20?. The minimum atomic E-state index is -0.349. The fourth-order valence-corrected chi connectivity index (χ4v) is 7.08. The van der Waals surface area contributed by atoms with Gasteiger partial charge in [-0.15, -0.1) is 0 Å². The third-order valence-electron chi connectivity index (χ3n) is 6.45. The predicted molar refractivity (Wildman–Crippen MR) is 102 cm³/mol. The number of nitrogens with zero attached hydrogens (tertiary/aromatic N) is 1. The van der Waals surface area contributed by atoms with Crippen LogP contribution in [0.5, 0.6) is 0 Å². The van der Waals surface area contributed by atoms with Crippen LogP contribution in [-0.4, -0.2) is 23.9 Å². The van der Waals surface area contributed by atoms with Crippen molar-refractivity contribution >= 4 is 29.3 Å². The molecule has 0 amide bonds. The molecule has 0 atom stereocenters. The molecule has 0 unspecified atom stereocenters. The van der Waals surface area contributed by atoms with Crippen molar-refractivity contribution in [1.82, 2.24) is 0 Å². The smallest absolute Gasteiger partial charge is 0.331 e. The molecule has 26 heavy (non-hydrogen) atoms. The van der Waals surface area contributed by atoms with Gasteiger partial charge in [-0.1, -0.05) is 30.0 Å². The molecule has 4 bridgehead atoms. The van der Waals surface area contributed by atoms with E-state index >= 15 is 0 Å². The highest BCUT2D eigenvalue weighted by Gasteiger charge is 2.62. The maximum atomic E-state index is 11.9. The zero-order valence-electron chi connectivity index (χ0n) is 14.9. The quantitative estimate of drug-likeness (QED) is 0.560. The molecule has 5 fully saturated rings. The van der Waals surface area contributed by atoms with E-state index in [4.69, 9.17) is 14.5 Å². The topological polar surface area (TPSA) is 47.9 Å². The molecule has 6 rings (SSSR count). The maximum absolute atomic E-state index is 11.9. The first-order valence-electron chi connectivity index (χ1n) is 9.48. The van der Waals surface area contributed by atoms with Crippen molar-refractivity contribution in [3.63, 3.8) is 0 Å². The Kier molecular flexibility index (Phi) is 3.89. The number of hydrogen-bond acceptors (Lipinski definition) is 5. The number of ether oxygens (including phenoxy) is 2. The predicted octanol–water partition coefficient (Wildman–Crippen LogP) is 4.69. The van der Waals surface area contributed by atoms with Crippen LogP contribution in [-0.2, 0) is 14.3 Å². The molecule has 136 valence electrons. The summed E-state index contributed by atoms with van der Waals surface area (Å²) in [7, 11) is 1.41. The third-order valence-corrected chi connectivity index (χ3v) is 8.03. The molecule has 1 saturated heterocycles. The number of carbonyl (C=O) groups is 1. The molecule has 1 aromatic carbocycles. The van der Waals surface area contributed by atoms with E-state index in [0.717, 1.165) is 22.4 Å². The molecule has 1 aromatic rings. The minimum absolute atomic E-state index is 0.235. The number of methoxy groups -OCH3 is 1. The summed E-state index contributed by atoms with van der Waals surface area (Å²) in [4.78, 5) is 17.2. The lowest BCUT2D eigenvalue weighted by Gasteiger charge is -2.58. The lowest BCUT2D eigenvalue weighted by molar-refractivity contribution is -0.134. The highest BCUT2D eigenvalue weighted by Crippen LogP contribution is 2.66. The molecule has 0 N–H and O–H groups in total. The van der Waals surface area contributed by atoms with Crippen LogP contribution in [0.3, 0.4) is 0 Å². The Morgan fingerprint density at radius 3 is 2.42 bits per heavy atom. The van der Waals surface area contributed by atoms with E-state index < -0.39 is 0 Å². The zero-order valence-corrected chi connectivity index (χ0v) is 15.7. The average Bonchev–Trinajstić information content (AvgIpc) is 2.99. The monoisotopic (exact) mass is 369 g/mol. The van der Waals surface area contributed by atoms with Crippen molar-refractivity contribution < 1.29 is 14.3 Å². The fourth-order valence-electron chi connectivity index (χ4n) is 5.57. The first-order valence-corrected chi connectivity index (χ1v) is 10.3. The average molecular weight is 369 g/mol. The van der Waals surface area contributed by atoms with Crippen LogP contribution in [0.2, 0.25) is 0 Å². The third kappa shape index (κ3) is 2.59. The Hall–Kier alpha value is -1.75. The Labute approximate surface area is 158 Å². The van der Waals surface area contributed by atoms with Crippen LogP contribution in [0.25, 0.3) is 0 Å². The number of thioether (sulfide) groups is 1. The number of aliphatic imine (C=N–C) groups is 1. The summed E-state index contributed by atoms with van der Waals surface area (Å²) in [6.45, 7) is 0. The number of rotatable bonds is 2. The highest BCUT2D eigenvalue weighted by atomic mass is 32.2. The van der Waals surface area contributed by atoms with E-state index in [9.17, 15) is 4.79 Å². The minimum Gasteiger partial charge on any atom is -0.466 e. The fraction of sp³-hybridized carbons (Fsp3) is 0.524. The van der Waals surface area contributed by atoms with Gasteiger partial charge in [0.25, 0.3) is 0 Å². The van der Waals surface area contributed by atoms with E-state index in [2.05, 4.69) is 0 Å². The van der Waals surface area contributed by atoms with Crippen LogP contribution in [0.15, 0.2) is 46.3 Å². The zero-order chi connectivity index (χ0) is 17.7. The summed E-state index contributed by atoms with van der Waals surface area (Å²) < 4.78 is 11.5. The van der Waals surface area contributed by atoms with E-state index in [-0.39, 0.29) is 10.9 Å². The van der Waals surface area contributed by atoms with Crippen LogP contribution < -0.4 is 0 Å². The van der Waals surface area contributed by atoms with Gasteiger partial charge in [0.05, 0.1) is 17.7 Å². The summed E-state index contributed by atoms with van der Waals surface area (Å²) in [6.07, 6.45) is 7.97. The van der Waals surface area contributed by atoms with E-state index in [1.807, 2.05) is 30.3 Å². The molecule has 0 radical (unpaired) electrons. The first kappa shape index (κ1) is 16.4. The van der Waals surface area contributed by atoms with Crippen molar-refractivity contribution in [3.05, 3.63) is 41.3 Å². The SMILES string of the molecule is COC(=O)/C=C1/SC2(OC1=Nc1ccccc1)C1CC3CC(C1)CC2C3. The summed E-state index contributed by atoms with van der Waals surface area (Å²) in [5, 5.41) is 0. The Morgan fingerprint density at radius 1 is 1.15 bits per heavy atom. The van der Waals surface area contributed by atoms with Crippen molar-refractivity contribution in [1.29, 1.82) is 0 Å². The van der Waals surface area contributed by atoms with Gasteiger partial charge in [0.1, 0.15) is 0 Å². The number of esters is 1. The van der Waals surface area contributed by atoms with Gasteiger partial charge in [-0.25, -0.2) is 9.79 Å². The van der Waals surface area contributed by atoms with Crippen LogP contribution in [0.1, 0.15) is 32.1 Å². The number of hydrogen-bond donors (Lipinski definition) is 0. The van der Waals surface area contributed by atoms with Crippen molar-refractivity contribution in [3.8, 4) is 0 Å². The first-order chi connectivity index (χ1) is 12.7. The van der Waals surface area contributed by atoms with Crippen molar-refractivity contribution in [2.75, 3.05) is 7.11 Å². The largest absolute Gasteiger partial charge is 0.466 e. The molecule has 1 heterocycles. The summed E-state index contributed by atoms with van der Waals surface area (Å²) in [6, 6.07) is 9.81. The highest BCUT2D eigenvalue weighted by molar-refractivity contribution is 8.05. The molecule has 4 nitrogen and oxygen atoms in total. The number of carbonyl (C=O) groups excluding carboxylic acids is 1. The second-order valence-corrected chi connectivity index (χ2v) is 9.30. The van der Waals surface area contributed by atoms with Gasteiger partial charge in [0.2, 0.25) is 5.90 Å². The van der Waals surface area contributed by atoms with Crippen molar-refractivity contribution in [2.45, 2.75) is 37.0 Å². The molecular weight excluding hydrogens is 346 g/mol. The van der Waals surface area contributed by atoms with Crippen LogP contribution in [0.4, 0.5) is 5.69 Å². The van der Waals surface area contributed by atoms with Crippen molar-refractivity contribution in [2.24, 2.45) is 28.7 Å². The van der Waals surface area contributed by atoms with E-state index in [0.29, 0.717) is 17.7 Å². The Bertz CT molecular complexity index is 758. The number of benzene rings is 1. The second kappa shape index (κ2) is 6.15. The van der Waals surface area contributed by atoms with Crippen LogP contribution >= 0.6 is 11.8 Å². The maximum Gasteiger partial charge on any atom is 0.331 e. The molecule has 5 aliphatic rings. The number of para-hydroxylation sites is 1. The summed E-state index contributed by atoms with van der Waals surface area (Å²) in [5.74, 6) is 3.10. The molecular formula is C21H23NO3S. The summed E-state index contributed by atoms with van der Waals surface area (Å²) >= 11 is 1.73. The normalized spacial score (nSPS) is 40.3. The lowest BCUT2D eigenvalue weighted by Crippen LogP contribution is -2.55. The van der Waals surface area contributed by atoms with Crippen LogP contribution in [0, 0.1) is 23.7 Å². The van der Waals surface area contributed by atoms with Gasteiger partial charge >= 0.3 is 5.97 Å². The molecule has 1 spiro atoms. The van der Waals surface area contributed by atoms with E-state index in [1.165, 1.54) is 39.2 Å². The van der Waals surface area contributed by atoms with Gasteiger partial charge in [0, 0.05) is 17.9 Å². The van der Waals surface area contributed by atoms with E-state index in [1.54, 1.807) is 17.8 Å². The van der Waals surface area contributed by atoms with Gasteiger partial charge in [-0.2, -0.15) is 0 Å². The second-order valence-electron chi connectivity index (χ2n) is 8.01. The molecule has 4 saturated carbocycles.